The van der Waals surface area contributed by atoms with Crippen LogP contribution in [-0.2, 0) is 12.6 Å². The normalized spacial score (nSPS) is 30.2. The number of hydrogen-bond donors (Lipinski definition) is 0. The van der Waals surface area contributed by atoms with E-state index in [0.717, 1.165) is 38.8 Å². The Hall–Kier alpha value is -0.140. The predicted molar refractivity (Wildman–Crippen MR) is 91.2 cm³/mol. The van der Waals surface area contributed by atoms with Crippen molar-refractivity contribution in [2.45, 2.75) is 39.0 Å². The maximum Gasteiger partial charge on any atom is 0.223 e. The Kier molecular flexibility index (Phi) is 6.50. The molecule has 1 aliphatic carbocycles. The van der Waals surface area contributed by atoms with Gasteiger partial charge in [-0.3, -0.25) is 4.79 Å². The number of ether oxygens (including phenoxy) is 1. The largest absolute Gasteiger partial charge is 0.378 e. The van der Waals surface area contributed by atoms with E-state index in [9.17, 15) is 4.79 Å². The molecule has 0 aromatic carbocycles. The Morgan fingerprint density at radius 3 is 2.52 bits per heavy atom. The lowest BCUT2D eigenvalue weighted by Gasteiger charge is -2.40. The quantitative estimate of drug-likeness (QED) is 0.518. The lowest BCUT2D eigenvalue weighted by Crippen LogP contribution is -2.44. The van der Waals surface area contributed by atoms with Crippen LogP contribution < -0.4 is 0 Å². The highest BCUT2D eigenvalue weighted by Gasteiger charge is 2.38. The van der Waals surface area contributed by atoms with E-state index in [-0.39, 0.29) is 11.3 Å². The van der Waals surface area contributed by atoms with Gasteiger partial charge in [0, 0.05) is 24.9 Å². The van der Waals surface area contributed by atoms with Gasteiger partial charge < -0.3 is 12.7 Å². The van der Waals surface area contributed by atoms with Crippen LogP contribution >= 0.6 is 23.0 Å². The summed E-state index contributed by atoms with van der Waals surface area (Å²) < 4.78 is 10.7. The number of allylic oxidation sites excluding steroid dienone is 1. The molecule has 1 saturated heterocycles. The van der Waals surface area contributed by atoms with Crippen molar-refractivity contribution in [2.75, 3.05) is 32.9 Å². The van der Waals surface area contributed by atoms with Crippen LogP contribution in [0.4, 0.5) is 0 Å². The first-order valence-electron chi connectivity index (χ1n) is 7.81. The van der Waals surface area contributed by atoms with Gasteiger partial charge in [-0.15, -0.1) is 0 Å². The summed E-state index contributed by atoms with van der Waals surface area (Å²) in [5.74, 6) is 0.881. The molecule has 0 N–H and O–H groups in total. The number of morpholine rings is 1. The van der Waals surface area contributed by atoms with Crippen molar-refractivity contribution in [3.8, 4) is 0 Å². The first-order valence-corrected chi connectivity index (χ1v) is 8.69. The van der Waals surface area contributed by atoms with Crippen molar-refractivity contribution in [1.29, 1.82) is 0 Å². The average molecular weight is 407 g/mol. The van der Waals surface area contributed by atoms with Crippen LogP contribution in [0, 0.1) is 11.3 Å². The van der Waals surface area contributed by atoms with Crippen LogP contribution in [0.1, 0.15) is 39.0 Å². The second-order valence-electron chi connectivity index (χ2n) is 6.54. The highest BCUT2D eigenvalue weighted by molar-refractivity contribution is 14.1. The third kappa shape index (κ3) is 4.66. The van der Waals surface area contributed by atoms with Gasteiger partial charge in [0.15, 0.2) is 0 Å². The molecule has 0 radical (unpaired) electrons. The van der Waals surface area contributed by atoms with Crippen molar-refractivity contribution in [1.82, 2.24) is 4.90 Å². The molecule has 5 heteroatoms. The Balaban J connectivity index is 1.95. The number of halogens is 1. The van der Waals surface area contributed by atoms with Crippen LogP contribution in [0.15, 0.2) is 12.2 Å². The molecule has 21 heavy (non-hydrogen) atoms. The number of hydrogen-bond acceptors (Lipinski definition) is 3. The average Bonchev–Trinajstić information content (AvgIpc) is 2.49. The molecular weight excluding hydrogens is 381 g/mol. The van der Waals surface area contributed by atoms with E-state index in [4.69, 9.17) is 7.80 Å². The minimum Gasteiger partial charge on any atom is -0.378 e. The second-order valence-corrected chi connectivity index (χ2v) is 7.17. The maximum absolute atomic E-state index is 12.6. The second kappa shape index (κ2) is 7.92. The van der Waals surface area contributed by atoms with Crippen LogP contribution in [0.25, 0.3) is 0 Å². The summed E-state index contributed by atoms with van der Waals surface area (Å²) >= 11 is 1.96. The van der Waals surface area contributed by atoms with Gasteiger partial charge in [-0.2, -0.15) is 0 Å². The third-order valence-corrected chi connectivity index (χ3v) is 5.31. The van der Waals surface area contributed by atoms with Crippen molar-refractivity contribution >= 4 is 28.9 Å². The zero-order valence-electron chi connectivity index (χ0n) is 12.9. The van der Waals surface area contributed by atoms with E-state index in [1.165, 1.54) is 5.57 Å². The molecule has 120 valence electrons. The van der Waals surface area contributed by atoms with Gasteiger partial charge in [0.25, 0.3) is 0 Å². The molecule has 1 saturated carbocycles. The molecule has 0 unspecified atom stereocenters. The maximum atomic E-state index is 12.6. The Morgan fingerprint density at radius 1 is 1.38 bits per heavy atom. The van der Waals surface area contributed by atoms with Gasteiger partial charge in [-0.25, -0.2) is 0 Å². The molecule has 0 bridgehead atoms. The third-order valence-electron chi connectivity index (χ3n) is 4.99. The lowest BCUT2D eigenvalue weighted by molar-refractivity contribution is -0.139. The van der Waals surface area contributed by atoms with Gasteiger partial charge in [0.1, 0.15) is 23.0 Å². The fourth-order valence-corrected chi connectivity index (χ4v) is 4.12. The predicted octanol–water partition coefficient (Wildman–Crippen LogP) is 3.35. The molecule has 1 heterocycles. The highest BCUT2D eigenvalue weighted by Crippen LogP contribution is 2.44. The lowest BCUT2D eigenvalue weighted by atomic mass is 9.67. The number of amides is 1. The number of rotatable bonds is 5. The zero-order chi connectivity index (χ0) is 15.3. The standard InChI is InChI=1S/C16H26INO3/c1-13(2)14-3-5-16(6-4-14,12-21-17)11-15(19)18-7-9-20-10-8-18/h14H,1,3-12H2,2H3. The SMILES string of the molecule is C=C(C)C1CCC(COI)(CC(=O)N2CCOCC2)CC1. The molecule has 2 aliphatic rings. The molecule has 0 atom stereocenters. The van der Waals surface area contributed by atoms with E-state index >= 15 is 0 Å². The summed E-state index contributed by atoms with van der Waals surface area (Å²) in [6.45, 7) is 9.67. The van der Waals surface area contributed by atoms with Gasteiger partial charge in [-0.1, -0.05) is 12.2 Å². The molecule has 0 aromatic rings. The Bertz CT molecular complexity index is 372. The summed E-state index contributed by atoms with van der Waals surface area (Å²) in [5, 5.41) is 0. The van der Waals surface area contributed by atoms with Crippen molar-refractivity contribution < 1.29 is 12.6 Å². The Labute approximate surface area is 141 Å². The number of nitrogens with zero attached hydrogens (tertiary/aromatic N) is 1. The summed E-state index contributed by atoms with van der Waals surface area (Å²) in [6.07, 6.45) is 4.99. The minimum absolute atomic E-state index is 0.0164. The van der Waals surface area contributed by atoms with E-state index < -0.39 is 0 Å². The first kappa shape index (κ1) is 17.2. The van der Waals surface area contributed by atoms with Crippen molar-refractivity contribution in [3.05, 3.63) is 12.2 Å². The van der Waals surface area contributed by atoms with Gasteiger partial charge in [-0.05, 0) is 38.5 Å². The fraction of sp³-hybridized carbons (Fsp3) is 0.812. The molecule has 0 aromatic heterocycles. The zero-order valence-corrected chi connectivity index (χ0v) is 15.1. The van der Waals surface area contributed by atoms with Gasteiger partial charge in [0.05, 0.1) is 19.8 Å². The van der Waals surface area contributed by atoms with Crippen LogP contribution in [0.2, 0.25) is 0 Å². The summed E-state index contributed by atoms with van der Waals surface area (Å²) in [7, 11) is 0. The minimum atomic E-state index is 0.0164. The van der Waals surface area contributed by atoms with Gasteiger partial charge >= 0.3 is 0 Å². The topological polar surface area (TPSA) is 38.8 Å². The van der Waals surface area contributed by atoms with E-state index in [1.807, 2.05) is 27.9 Å². The van der Waals surface area contributed by atoms with E-state index in [1.54, 1.807) is 0 Å². The smallest absolute Gasteiger partial charge is 0.223 e. The summed E-state index contributed by atoms with van der Waals surface area (Å²) in [4.78, 5) is 14.5. The number of carbonyl (C=O) groups is 1. The fourth-order valence-electron chi connectivity index (χ4n) is 3.46. The van der Waals surface area contributed by atoms with Gasteiger partial charge in [0.2, 0.25) is 5.91 Å². The Morgan fingerprint density at radius 2 is 2.00 bits per heavy atom. The van der Waals surface area contributed by atoms with Crippen molar-refractivity contribution in [2.24, 2.45) is 11.3 Å². The monoisotopic (exact) mass is 407 g/mol. The molecule has 1 amide bonds. The van der Waals surface area contributed by atoms with Crippen LogP contribution in [-0.4, -0.2) is 43.7 Å². The molecule has 2 rings (SSSR count). The van der Waals surface area contributed by atoms with Crippen molar-refractivity contribution in [3.63, 3.8) is 0 Å². The van der Waals surface area contributed by atoms with E-state index in [0.29, 0.717) is 32.2 Å². The van der Waals surface area contributed by atoms with Crippen LogP contribution in [0.5, 0.6) is 0 Å². The summed E-state index contributed by atoms with van der Waals surface area (Å²) in [5.41, 5.74) is 1.29. The molecule has 0 spiro atoms. The molecule has 4 nitrogen and oxygen atoms in total. The number of carbonyl (C=O) groups excluding carboxylic acids is 1. The van der Waals surface area contributed by atoms with E-state index in [2.05, 4.69) is 13.5 Å². The summed E-state index contributed by atoms with van der Waals surface area (Å²) in [6, 6.07) is 0. The molecule has 2 fully saturated rings. The van der Waals surface area contributed by atoms with Crippen LogP contribution in [0.3, 0.4) is 0 Å². The highest BCUT2D eigenvalue weighted by atomic mass is 127. The first-order chi connectivity index (χ1) is 10.1. The molecular formula is C16H26INO3. The molecule has 1 aliphatic heterocycles.